The van der Waals surface area contributed by atoms with Crippen LogP contribution in [0.4, 0.5) is 0 Å². The van der Waals surface area contributed by atoms with Gasteiger partial charge in [-0.2, -0.15) is 0 Å². The molecule has 3 nitrogen and oxygen atoms in total. The first-order chi connectivity index (χ1) is 7.78. The molecule has 1 aliphatic carbocycles. The highest BCUT2D eigenvalue weighted by molar-refractivity contribution is 4.86. The molecule has 0 amide bonds. The summed E-state index contributed by atoms with van der Waals surface area (Å²) >= 11 is 0. The number of hydrogen-bond acceptors (Lipinski definition) is 3. The number of rotatable bonds is 5. The van der Waals surface area contributed by atoms with Crippen LogP contribution in [0.2, 0.25) is 0 Å². The predicted octanol–water partition coefficient (Wildman–Crippen LogP) is 1.71. The maximum absolute atomic E-state index is 9.84. The molecule has 1 aliphatic rings. The van der Waals surface area contributed by atoms with Gasteiger partial charge < -0.3 is 15.3 Å². The molecule has 1 rings (SSSR count). The Labute approximate surface area is 107 Å². The summed E-state index contributed by atoms with van der Waals surface area (Å²) in [7, 11) is 3.99. The van der Waals surface area contributed by atoms with Crippen molar-refractivity contribution in [3.63, 3.8) is 0 Å². The molecule has 0 spiro atoms. The smallest absolute Gasteiger partial charge is 0.0791 e. The minimum Gasteiger partial charge on any atom is -0.390 e. The minimum absolute atomic E-state index is 0.259. The molecule has 0 aliphatic heterocycles. The van der Waals surface area contributed by atoms with Crippen LogP contribution in [0.1, 0.15) is 40.0 Å². The molecule has 3 atom stereocenters. The van der Waals surface area contributed by atoms with Gasteiger partial charge in [-0.3, -0.25) is 0 Å². The predicted molar refractivity (Wildman–Crippen MR) is 73.1 cm³/mol. The quantitative estimate of drug-likeness (QED) is 0.770. The van der Waals surface area contributed by atoms with Crippen LogP contribution in [-0.2, 0) is 0 Å². The van der Waals surface area contributed by atoms with Crippen molar-refractivity contribution < 1.29 is 5.11 Å². The van der Waals surface area contributed by atoms with Gasteiger partial charge in [0, 0.05) is 19.1 Å². The molecule has 2 N–H and O–H groups in total. The lowest BCUT2D eigenvalue weighted by atomic mass is 9.70. The number of aliphatic hydroxyl groups excluding tert-OH is 1. The molecule has 0 aromatic heterocycles. The first-order valence-electron chi connectivity index (χ1n) is 6.85. The van der Waals surface area contributed by atoms with Crippen molar-refractivity contribution in [3.05, 3.63) is 0 Å². The summed E-state index contributed by atoms with van der Waals surface area (Å²) < 4.78 is 0. The maximum Gasteiger partial charge on any atom is 0.0791 e. The SMILES string of the molecule is CC1CC(NCC(O)CN(C)C)CC(C)(C)C1. The zero-order valence-corrected chi connectivity index (χ0v) is 12.2. The van der Waals surface area contributed by atoms with E-state index in [1.807, 2.05) is 19.0 Å². The average molecular weight is 242 g/mol. The monoisotopic (exact) mass is 242 g/mol. The second-order valence-corrected chi connectivity index (χ2v) is 6.93. The molecule has 17 heavy (non-hydrogen) atoms. The van der Waals surface area contributed by atoms with Crippen molar-refractivity contribution in [2.24, 2.45) is 11.3 Å². The van der Waals surface area contributed by atoms with Crippen LogP contribution in [0.25, 0.3) is 0 Å². The lowest BCUT2D eigenvalue weighted by molar-refractivity contribution is 0.109. The molecule has 0 heterocycles. The van der Waals surface area contributed by atoms with Gasteiger partial charge in [0.15, 0.2) is 0 Å². The lowest BCUT2D eigenvalue weighted by Crippen LogP contribution is -2.44. The summed E-state index contributed by atoms with van der Waals surface area (Å²) in [6.07, 6.45) is 3.54. The number of nitrogens with zero attached hydrogens (tertiary/aromatic N) is 1. The standard InChI is InChI=1S/C14H30N2O/c1-11-6-12(8-14(2,3)7-11)15-9-13(17)10-16(4)5/h11-13,15,17H,6-10H2,1-5H3. The van der Waals surface area contributed by atoms with Gasteiger partial charge in [0.25, 0.3) is 0 Å². The highest BCUT2D eigenvalue weighted by atomic mass is 16.3. The average Bonchev–Trinajstić information content (AvgIpc) is 2.10. The molecule has 0 bridgehead atoms. The molecule has 1 fully saturated rings. The van der Waals surface area contributed by atoms with E-state index in [0.29, 0.717) is 18.0 Å². The Balaban J connectivity index is 2.31. The lowest BCUT2D eigenvalue weighted by Gasteiger charge is -2.39. The van der Waals surface area contributed by atoms with Gasteiger partial charge in [-0.1, -0.05) is 20.8 Å². The fourth-order valence-corrected chi connectivity index (χ4v) is 3.29. The van der Waals surface area contributed by atoms with Gasteiger partial charge in [-0.05, 0) is 44.7 Å². The molecule has 0 saturated heterocycles. The highest BCUT2D eigenvalue weighted by Crippen LogP contribution is 2.38. The van der Waals surface area contributed by atoms with Crippen LogP contribution in [0.15, 0.2) is 0 Å². The van der Waals surface area contributed by atoms with Crippen molar-refractivity contribution in [2.45, 2.75) is 52.2 Å². The van der Waals surface area contributed by atoms with Crippen LogP contribution < -0.4 is 5.32 Å². The van der Waals surface area contributed by atoms with E-state index in [-0.39, 0.29) is 6.10 Å². The Morgan fingerprint density at radius 1 is 1.35 bits per heavy atom. The Kier molecular flexibility index (Phi) is 5.42. The second kappa shape index (κ2) is 6.17. The van der Waals surface area contributed by atoms with Gasteiger partial charge in [-0.15, -0.1) is 0 Å². The fourth-order valence-electron chi connectivity index (χ4n) is 3.29. The first-order valence-corrected chi connectivity index (χ1v) is 6.85. The molecule has 0 aromatic rings. The van der Waals surface area contributed by atoms with Crippen molar-refractivity contribution in [1.29, 1.82) is 0 Å². The first kappa shape index (κ1) is 14.9. The highest BCUT2D eigenvalue weighted by Gasteiger charge is 2.31. The van der Waals surface area contributed by atoms with Crippen molar-refractivity contribution in [3.8, 4) is 0 Å². The maximum atomic E-state index is 9.84. The Morgan fingerprint density at radius 2 is 2.00 bits per heavy atom. The molecule has 3 unspecified atom stereocenters. The number of nitrogens with one attached hydrogen (secondary N) is 1. The summed E-state index contributed by atoms with van der Waals surface area (Å²) in [6.45, 7) is 8.50. The van der Waals surface area contributed by atoms with E-state index in [9.17, 15) is 5.11 Å². The summed E-state index contributed by atoms with van der Waals surface area (Å²) in [4.78, 5) is 2.03. The summed E-state index contributed by atoms with van der Waals surface area (Å²) in [5.74, 6) is 0.794. The largest absolute Gasteiger partial charge is 0.390 e. The van der Waals surface area contributed by atoms with Crippen LogP contribution in [0.5, 0.6) is 0 Å². The molecule has 1 saturated carbocycles. The molecule has 102 valence electrons. The van der Waals surface area contributed by atoms with Crippen molar-refractivity contribution in [2.75, 3.05) is 27.2 Å². The van der Waals surface area contributed by atoms with E-state index in [1.54, 1.807) is 0 Å². The number of aliphatic hydroxyl groups is 1. The zero-order valence-electron chi connectivity index (χ0n) is 12.2. The molecular weight excluding hydrogens is 212 g/mol. The van der Waals surface area contributed by atoms with Crippen molar-refractivity contribution >= 4 is 0 Å². The van der Waals surface area contributed by atoms with Crippen LogP contribution >= 0.6 is 0 Å². The minimum atomic E-state index is -0.259. The molecule has 3 heteroatoms. The van der Waals surface area contributed by atoms with E-state index in [0.717, 1.165) is 12.5 Å². The number of likely N-dealkylation sites (N-methyl/N-ethyl adjacent to an activating group) is 1. The Bertz CT molecular complexity index is 228. The van der Waals surface area contributed by atoms with Gasteiger partial charge in [0.2, 0.25) is 0 Å². The third kappa shape index (κ3) is 5.84. The van der Waals surface area contributed by atoms with Crippen molar-refractivity contribution in [1.82, 2.24) is 10.2 Å². The van der Waals surface area contributed by atoms with Gasteiger partial charge in [0.05, 0.1) is 6.10 Å². The second-order valence-electron chi connectivity index (χ2n) is 6.93. The fraction of sp³-hybridized carbons (Fsp3) is 1.00. The molecular formula is C14H30N2O. The summed E-state index contributed by atoms with van der Waals surface area (Å²) in [6, 6.07) is 0.575. The number of hydrogen-bond donors (Lipinski definition) is 2. The molecule has 0 radical (unpaired) electrons. The molecule has 0 aromatic carbocycles. The zero-order chi connectivity index (χ0) is 13.1. The van der Waals surface area contributed by atoms with Gasteiger partial charge >= 0.3 is 0 Å². The Hall–Kier alpha value is -0.120. The van der Waals surface area contributed by atoms with E-state index >= 15 is 0 Å². The summed E-state index contributed by atoms with van der Waals surface area (Å²) in [5.41, 5.74) is 0.446. The van der Waals surface area contributed by atoms with E-state index < -0.39 is 0 Å². The van der Waals surface area contributed by atoms with Crippen LogP contribution in [0.3, 0.4) is 0 Å². The normalized spacial score (nSPS) is 30.5. The third-order valence-corrected chi connectivity index (χ3v) is 3.60. The van der Waals surface area contributed by atoms with Gasteiger partial charge in [0.1, 0.15) is 0 Å². The van der Waals surface area contributed by atoms with E-state index in [4.69, 9.17) is 0 Å². The topological polar surface area (TPSA) is 35.5 Å². The summed E-state index contributed by atoms with van der Waals surface area (Å²) in [5, 5.41) is 13.4. The van der Waals surface area contributed by atoms with Crippen LogP contribution in [-0.4, -0.2) is 49.3 Å². The van der Waals surface area contributed by atoms with Crippen LogP contribution in [0, 0.1) is 11.3 Å². The van der Waals surface area contributed by atoms with Gasteiger partial charge in [-0.25, -0.2) is 0 Å². The third-order valence-electron chi connectivity index (χ3n) is 3.60. The van der Waals surface area contributed by atoms with E-state index in [2.05, 4.69) is 26.1 Å². The van der Waals surface area contributed by atoms with E-state index in [1.165, 1.54) is 19.3 Å². The Morgan fingerprint density at radius 3 is 2.53 bits per heavy atom.